The Labute approximate surface area is 309 Å². The molecule has 0 N–H and O–H groups in total. The molecule has 0 aliphatic rings. The number of unbranched alkanes of at least 4 members (excludes halogenated alkanes) is 14. The number of esters is 1. The summed E-state index contributed by atoms with van der Waals surface area (Å²) >= 11 is 0. The third-order valence-corrected chi connectivity index (χ3v) is 5.93. The second kappa shape index (κ2) is 29.7. The number of carbonyl (C=O) groups is 3. The number of carboxylic acid groups (broad SMARTS) is 2. The topological polar surface area (TPSA) is 116 Å². The Bertz CT molecular complexity index is 722. The van der Waals surface area contributed by atoms with Crippen LogP contribution in [0, 0.1) is 0 Å². The second-order valence-corrected chi connectivity index (χ2v) is 8.78. The van der Waals surface area contributed by atoms with E-state index in [0.29, 0.717) is 23.3 Å². The first kappa shape index (κ1) is 42.2. The molecule has 0 aliphatic heterocycles. The van der Waals surface area contributed by atoms with Crippen LogP contribution in [0.5, 0.6) is 5.75 Å². The molecule has 7 nitrogen and oxygen atoms in total. The summed E-state index contributed by atoms with van der Waals surface area (Å²) in [6, 6.07) is 4.96. The SMILES string of the molecule is CCCCCCCCCCCCCCCCCC(=O)c1ccc(OC)c(C(=O)OC)c1.O=C([O-])[O-].[K+].[K+]. The zero-order chi connectivity index (χ0) is 26.3. The van der Waals surface area contributed by atoms with Gasteiger partial charge >= 0.3 is 109 Å². The van der Waals surface area contributed by atoms with Gasteiger partial charge in [0, 0.05) is 12.0 Å². The monoisotopic (exact) mass is 570 g/mol. The first-order valence-corrected chi connectivity index (χ1v) is 13.0. The third-order valence-electron chi connectivity index (χ3n) is 5.93. The van der Waals surface area contributed by atoms with Crippen molar-refractivity contribution in [3.63, 3.8) is 0 Å². The molecule has 1 aromatic rings. The average molecular weight is 571 g/mol. The van der Waals surface area contributed by atoms with Crippen LogP contribution in [0.1, 0.15) is 130 Å². The van der Waals surface area contributed by atoms with Crippen LogP contribution in [0.4, 0.5) is 4.79 Å². The van der Waals surface area contributed by atoms with E-state index in [-0.39, 0.29) is 109 Å². The smallest absolute Gasteiger partial charge is 0.652 e. The summed E-state index contributed by atoms with van der Waals surface area (Å²) in [7, 11) is 2.82. The van der Waals surface area contributed by atoms with Crippen molar-refractivity contribution in [3.05, 3.63) is 29.3 Å². The molecule has 0 aromatic heterocycles. The van der Waals surface area contributed by atoms with Crippen LogP contribution in [0.3, 0.4) is 0 Å². The van der Waals surface area contributed by atoms with Crippen LogP contribution < -0.4 is 118 Å². The first-order valence-electron chi connectivity index (χ1n) is 13.0. The summed E-state index contributed by atoms with van der Waals surface area (Å²) in [5.74, 6) is 0.0105. The Hall–Kier alpha value is 0.703. The van der Waals surface area contributed by atoms with Crippen molar-refractivity contribution < 1.29 is 137 Å². The van der Waals surface area contributed by atoms with Gasteiger partial charge in [0.1, 0.15) is 11.3 Å². The largest absolute Gasteiger partial charge is 1.00 e. The van der Waals surface area contributed by atoms with Crippen LogP contribution in [-0.2, 0) is 4.74 Å². The van der Waals surface area contributed by atoms with Crippen molar-refractivity contribution in [2.75, 3.05) is 14.2 Å². The van der Waals surface area contributed by atoms with E-state index < -0.39 is 12.1 Å². The summed E-state index contributed by atoms with van der Waals surface area (Å²) in [5, 5.41) is 16.7. The molecule has 200 valence electrons. The number of carbonyl (C=O) groups excluding carboxylic acids is 3. The van der Waals surface area contributed by atoms with E-state index in [0.717, 1.165) is 12.8 Å². The molecule has 0 amide bonds. The van der Waals surface area contributed by atoms with Crippen LogP contribution in [0.2, 0.25) is 0 Å². The number of methoxy groups -OCH3 is 2. The maximum absolute atomic E-state index is 12.4. The van der Waals surface area contributed by atoms with E-state index in [1.807, 2.05) is 0 Å². The molecule has 0 aliphatic carbocycles. The zero-order valence-electron chi connectivity index (χ0n) is 23.9. The van der Waals surface area contributed by atoms with Crippen molar-refractivity contribution in [2.45, 2.75) is 110 Å². The van der Waals surface area contributed by atoms with Gasteiger partial charge in [-0.25, -0.2) is 4.79 Å². The molecule has 1 rings (SSSR count). The molecule has 0 atom stereocenters. The summed E-state index contributed by atoms with van der Waals surface area (Å²) in [5.41, 5.74) is 0.846. The van der Waals surface area contributed by atoms with Crippen molar-refractivity contribution in [2.24, 2.45) is 0 Å². The molecule has 0 heterocycles. The van der Waals surface area contributed by atoms with Gasteiger partial charge in [-0.15, -0.1) is 0 Å². The van der Waals surface area contributed by atoms with Crippen LogP contribution in [0.15, 0.2) is 18.2 Å². The molecule has 9 heteroatoms. The number of Topliss-reactive ketones (excluding diaryl/α,β-unsaturated/α-hetero) is 1. The molecular weight excluding hydrogens is 526 g/mol. The first-order chi connectivity index (χ1) is 16.9. The standard InChI is InChI=1S/C27H44O4.CH2O3.2K/c1-4-5-6-7-8-9-10-11-12-13-14-15-16-17-18-19-25(28)23-20-21-26(30-2)24(22-23)27(29)31-3;2-1(3)4;;/h20-22H,4-19H2,1-3H3;(H2,2,3,4);;/q;;2*+1/p-2. The van der Waals surface area contributed by atoms with Crippen LogP contribution >= 0.6 is 0 Å². The molecule has 0 unspecified atom stereocenters. The minimum atomic E-state index is -2.33. The Kier molecular flexibility index (Phi) is 33.8. The van der Waals surface area contributed by atoms with E-state index in [4.69, 9.17) is 24.5 Å². The Morgan fingerprint density at radius 2 is 1.11 bits per heavy atom. The van der Waals surface area contributed by atoms with E-state index in [9.17, 15) is 9.59 Å². The fourth-order valence-corrected chi connectivity index (χ4v) is 3.95. The summed E-state index contributed by atoms with van der Waals surface area (Å²) in [4.78, 5) is 32.6. The number of benzene rings is 1. The van der Waals surface area contributed by atoms with Gasteiger partial charge in [0.05, 0.1) is 14.2 Å². The number of ketones is 1. The Morgan fingerprint density at radius 3 is 1.49 bits per heavy atom. The maximum atomic E-state index is 12.4. The molecule has 0 fully saturated rings. The van der Waals surface area contributed by atoms with E-state index in [1.165, 1.54) is 97.7 Å². The summed E-state index contributed by atoms with van der Waals surface area (Å²) in [6.45, 7) is 2.27. The van der Waals surface area contributed by atoms with Crippen LogP contribution in [0.25, 0.3) is 0 Å². The molecule has 0 bridgehead atoms. The molecule has 0 saturated heterocycles. The van der Waals surface area contributed by atoms with Gasteiger partial charge in [-0.05, 0) is 30.8 Å². The summed E-state index contributed by atoms with van der Waals surface area (Å²) < 4.78 is 9.96. The summed E-state index contributed by atoms with van der Waals surface area (Å²) in [6.07, 6.45) is 17.8. The van der Waals surface area contributed by atoms with Gasteiger partial charge in [-0.1, -0.05) is 96.8 Å². The van der Waals surface area contributed by atoms with Gasteiger partial charge in [0.15, 0.2) is 5.78 Å². The van der Waals surface area contributed by atoms with Gasteiger partial charge in [-0.3, -0.25) is 4.79 Å². The van der Waals surface area contributed by atoms with E-state index >= 15 is 0 Å². The van der Waals surface area contributed by atoms with E-state index in [1.54, 1.807) is 18.2 Å². The molecule has 0 spiro atoms. The van der Waals surface area contributed by atoms with Crippen LogP contribution in [-0.4, -0.2) is 32.1 Å². The van der Waals surface area contributed by atoms with Crippen molar-refractivity contribution in [1.29, 1.82) is 0 Å². The average Bonchev–Trinajstić information content (AvgIpc) is 2.85. The van der Waals surface area contributed by atoms with Crippen molar-refractivity contribution in [3.8, 4) is 5.75 Å². The second-order valence-electron chi connectivity index (χ2n) is 8.78. The molecular formula is C28H44K2O7. The van der Waals surface area contributed by atoms with Gasteiger partial charge < -0.3 is 24.5 Å². The fraction of sp³-hybridized carbons (Fsp3) is 0.679. The zero-order valence-corrected chi connectivity index (χ0v) is 30.1. The molecule has 37 heavy (non-hydrogen) atoms. The van der Waals surface area contributed by atoms with E-state index in [2.05, 4.69) is 6.92 Å². The van der Waals surface area contributed by atoms with Crippen molar-refractivity contribution >= 4 is 17.9 Å². The number of hydrogen-bond acceptors (Lipinski definition) is 7. The number of hydrogen-bond donors (Lipinski definition) is 0. The predicted octanol–water partition coefficient (Wildman–Crippen LogP) is -0.513. The minimum Gasteiger partial charge on any atom is -0.652 e. The van der Waals surface area contributed by atoms with Gasteiger partial charge in [0.2, 0.25) is 0 Å². The maximum Gasteiger partial charge on any atom is 1.00 e. The Balaban J connectivity index is -0.00000179. The molecule has 0 radical (unpaired) electrons. The minimum absolute atomic E-state index is 0. The number of rotatable bonds is 19. The number of ether oxygens (including phenoxy) is 2. The normalized spacial score (nSPS) is 9.70. The molecule has 1 aromatic carbocycles. The van der Waals surface area contributed by atoms with Gasteiger partial charge in [-0.2, -0.15) is 0 Å². The van der Waals surface area contributed by atoms with Gasteiger partial charge in [0.25, 0.3) is 0 Å². The quantitative estimate of drug-likeness (QED) is 0.0952. The molecule has 0 saturated carbocycles. The Morgan fingerprint density at radius 1 is 0.703 bits per heavy atom. The third kappa shape index (κ3) is 24.2. The predicted molar refractivity (Wildman–Crippen MR) is 134 cm³/mol. The fourth-order valence-electron chi connectivity index (χ4n) is 3.95. The van der Waals surface area contributed by atoms with Crippen molar-refractivity contribution in [1.82, 2.24) is 0 Å².